The number of benzene rings is 1. The average molecular weight is 436 g/mol. The summed E-state index contributed by atoms with van der Waals surface area (Å²) in [5, 5.41) is 5.51. The summed E-state index contributed by atoms with van der Waals surface area (Å²) in [7, 11) is 0. The Bertz CT molecular complexity index is 880. The Kier molecular flexibility index (Phi) is 5.58. The van der Waals surface area contributed by atoms with Gasteiger partial charge in [-0.3, -0.25) is 4.79 Å². The summed E-state index contributed by atoms with van der Waals surface area (Å²) in [4.78, 5) is 30.0. The van der Waals surface area contributed by atoms with Gasteiger partial charge in [0.2, 0.25) is 0 Å². The van der Waals surface area contributed by atoms with E-state index in [1.54, 1.807) is 6.07 Å². The third-order valence-corrected chi connectivity index (χ3v) is 8.23. The van der Waals surface area contributed by atoms with E-state index in [0.29, 0.717) is 23.8 Å². The van der Waals surface area contributed by atoms with Gasteiger partial charge in [-0.25, -0.2) is 4.79 Å². The molecule has 3 amide bonds. The SMILES string of the molecule is Cc1ccc(NC(=O)N2CCC3(CC2)SCCN3C(=O)c2cccs2)cc1Cl. The van der Waals surface area contributed by atoms with Crippen molar-refractivity contribution in [1.82, 2.24) is 9.80 Å². The second-order valence-corrected chi connectivity index (χ2v) is 9.92. The Morgan fingerprint density at radius 1 is 1.18 bits per heavy atom. The lowest BCUT2D eigenvalue weighted by Gasteiger charge is -2.43. The van der Waals surface area contributed by atoms with E-state index in [4.69, 9.17) is 11.6 Å². The molecule has 1 spiro atoms. The van der Waals surface area contributed by atoms with Crippen molar-refractivity contribution in [1.29, 1.82) is 0 Å². The quantitative estimate of drug-likeness (QED) is 0.728. The number of hydrogen-bond donors (Lipinski definition) is 1. The molecule has 0 atom stereocenters. The van der Waals surface area contributed by atoms with Crippen LogP contribution in [-0.4, -0.2) is 52.0 Å². The molecule has 148 valence electrons. The number of carbonyl (C=O) groups excluding carboxylic acids is 2. The zero-order valence-corrected chi connectivity index (χ0v) is 18.0. The molecule has 0 radical (unpaired) electrons. The number of amides is 3. The minimum atomic E-state index is -0.189. The number of aryl methyl sites for hydroxylation is 1. The van der Waals surface area contributed by atoms with Crippen LogP contribution in [0.1, 0.15) is 28.1 Å². The van der Waals surface area contributed by atoms with Crippen LogP contribution in [0.5, 0.6) is 0 Å². The lowest BCUT2D eigenvalue weighted by molar-refractivity contribution is 0.0590. The van der Waals surface area contributed by atoms with Crippen LogP contribution >= 0.6 is 34.7 Å². The van der Waals surface area contributed by atoms with Gasteiger partial charge >= 0.3 is 6.03 Å². The van der Waals surface area contributed by atoms with Crippen molar-refractivity contribution in [2.24, 2.45) is 0 Å². The van der Waals surface area contributed by atoms with Crippen LogP contribution in [0.25, 0.3) is 0 Å². The summed E-state index contributed by atoms with van der Waals surface area (Å²) in [5.41, 5.74) is 1.68. The van der Waals surface area contributed by atoms with Crippen LogP contribution in [0.2, 0.25) is 5.02 Å². The third-order valence-electron chi connectivity index (χ3n) is 5.41. The van der Waals surface area contributed by atoms with Gasteiger partial charge in [0.05, 0.1) is 9.75 Å². The zero-order chi connectivity index (χ0) is 19.7. The normalized spacial score (nSPS) is 18.5. The highest BCUT2D eigenvalue weighted by molar-refractivity contribution is 8.00. The van der Waals surface area contributed by atoms with Crippen LogP contribution in [0, 0.1) is 6.92 Å². The van der Waals surface area contributed by atoms with Crippen molar-refractivity contribution in [3.05, 3.63) is 51.2 Å². The number of anilines is 1. The Morgan fingerprint density at radius 3 is 2.64 bits per heavy atom. The molecule has 28 heavy (non-hydrogen) atoms. The molecule has 2 aliphatic rings. The zero-order valence-electron chi connectivity index (χ0n) is 15.6. The van der Waals surface area contributed by atoms with Crippen molar-refractivity contribution in [3.8, 4) is 0 Å². The number of hydrogen-bond acceptors (Lipinski definition) is 4. The number of nitrogens with zero attached hydrogens (tertiary/aromatic N) is 2. The summed E-state index contributed by atoms with van der Waals surface area (Å²) < 4.78 is 0. The lowest BCUT2D eigenvalue weighted by atomic mass is 10.0. The lowest BCUT2D eigenvalue weighted by Crippen LogP contribution is -2.54. The highest BCUT2D eigenvalue weighted by Gasteiger charge is 2.47. The topological polar surface area (TPSA) is 52.7 Å². The van der Waals surface area contributed by atoms with Crippen LogP contribution in [0.15, 0.2) is 35.7 Å². The Labute approximate surface area is 178 Å². The number of halogens is 1. The number of piperidine rings is 1. The first kappa shape index (κ1) is 19.6. The summed E-state index contributed by atoms with van der Waals surface area (Å²) in [6.45, 7) is 3.97. The second-order valence-electron chi connectivity index (χ2n) is 7.11. The van der Waals surface area contributed by atoms with Gasteiger partial charge in [-0.1, -0.05) is 23.7 Å². The Morgan fingerprint density at radius 2 is 1.96 bits per heavy atom. The first-order valence-corrected chi connectivity index (χ1v) is 11.5. The van der Waals surface area contributed by atoms with Crippen LogP contribution in [-0.2, 0) is 0 Å². The van der Waals surface area contributed by atoms with Gasteiger partial charge in [0.15, 0.2) is 0 Å². The first-order valence-electron chi connectivity index (χ1n) is 9.30. The molecule has 0 aliphatic carbocycles. The number of likely N-dealkylation sites (tertiary alicyclic amines) is 1. The van der Waals surface area contributed by atoms with E-state index in [-0.39, 0.29) is 16.8 Å². The van der Waals surface area contributed by atoms with E-state index in [1.807, 2.05) is 58.1 Å². The van der Waals surface area contributed by atoms with Crippen molar-refractivity contribution in [2.45, 2.75) is 24.6 Å². The maximum absolute atomic E-state index is 12.9. The molecule has 2 aromatic rings. The van der Waals surface area contributed by atoms with Gasteiger partial charge in [-0.05, 0) is 48.9 Å². The van der Waals surface area contributed by atoms with E-state index in [9.17, 15) is 9.59 Å². The molecule has 2 fully saturated rings. The summed E-state index contributed by atoms with van der Waals surface area (Å²) >= 11 is 9.49. The van der Waals surface area contributed by atoms with Gasteiger partial charge in [0.25, 0.3) is 5.91 Å². The highest BCUT2D eigenvalue weighted by atomic mass is 35.5. The molecule has 5 nitrogen and oxygen atoms in total. The molecule has 2 aliphatic heterocycles. The number of thiophene rings is 1. The van der Waals surface area contributed by atoms with Gasteiger partial charge in [0, 0.05) is 36.1 Å². The molecule has 3 heterocycles. The second kappa shape index (κ2) is 7.97. The first-order chi connectivity index (χ1) is 13.5. The maximum Gasteiger partial charge on any atom is 0.321 e. The fourth-order valence-electron chi connectivity index (χ4n) is 3.78. The molecule has 0 bridgehead atoms. The van der Waals surface area contributed by atoms with E-state index in [1.165, 1.54) is 11.3 Å². The summed E-state index contributed by atoms with van der Waals surface area (Å²) in [6, 6.07) is 9.21. The number of urea groups is 1. The third kappa shape index (κ3) is 3.75. The van der Waals surface area contributed by atoms with Crippen molar-refractivity contribution >= 4 is 52.3 Å². The molecule has 2 saturated heterocycles. The molecule has 8 heteroatoms. The fraction of sp³-hybridized carbons (Fsp3) is 0.400. The standard InChI is InChI=1S/C20H22ClN3O2S2/c1-14-4-5-15(13-16(14)21)22-19(26)23-8-6-20(7-9-23)24(10-12-28-20)18(25)17-3-2-11-27-17/h2-5,11,13H,6-10,12H2,1H3,(H,22,26). The molecule has 1 aromatic carbocycles. The van der Waals surface area contributed by atoms with Crippen LogP contribution in [0.3, 0.4) is 0 Å². The van der Waals surface area contributed by atoms with E-state index in [2.05, 4.69) is 5.32 Å². The monoisotopic (exact) mass is 435 g/mol. The van der Waals surface area contributed by atoms with Crippen molar-refractivity contribution in [3.63, 3.8) is 0 Å². The minimum Gasteiger partial charge on any atom is -0.324 e. The average Bonchev–Trinajstić information content (AvgIpc) is 3.35. The maximum atomic E-state index is 12.9. The largest absolute Gasteiger partial charge is 0.324 e. The smallest absolute Gasteiger partial charge is 0.321 e. The van der Waals surface area contributed by atoms with Gasteiger partial charge < -0.3 is 15.1 Å². The Hall–Kier alpha value is -1.70. The van der Waals surface area contributed by atoms with Crippen LogP contribution in [0.4, 0.5) is 10.5 Å². The van der Waals surface area contributed by atoms with Gasteiger partial charge in [-0.2, -0.15) is 0 Å². The van der Waals surface area contributed by atoms with E-state index < -0.39 is 0 Å². The van der Waals surface area contributed by atoms with Gasteiger partial charge in [-0.15, -0.1) is 23.1 Å². The number of rotatable bonds is 2. The fourth-order valence-corrected chi connectivity index (χ4v) is 6.08. The highest BCUT2D eigenvalue weighted by Crippen LogP contribution is 2.44. The van der Waals surface area contributed by atoms with Crippen LogP contribution < -0.4 is 5.32 Å². The predicted molar refractivity (Wildman–Crippen MR) is 117 cm³/mol. The predicted octanol–water partition coefficient (Wildman–Crippen LogP) is 4.92. The molecule has 0 unspecified atom stereocenters. The molecule has 1 aromatic heterocycles. The van der Waals surface area contributed by atoms with E-state index in [0.717, 1.165) is 35.6 Å². The summed E-state index contributed by atoms with van der Waals surface area (Å²) in [6.07, 6.45) is 1.58. The molecular formula is C20H22ClN3O2S2. The van der Waals surface area contributed by atoms with E-state index >= 15 is 0 Å². The number of nitrogens with one attached hydrogen (secondary N) is 1. The van der Waals surface area contributed by atoms with Crippen molar-refractivity contribution in [2.75, 3.05) is 30.7 Å². The van der Waals surface area contributed by atoms with Gasteiger partial charge in [0.1, 0.15) is 0 Å². The minimum absolute atomic E-state index is 0.117. The molecule has 0 saturated carbocycles. The van der Waals surface area contributed by atoms with Crippen molar-refractivity contribution < 1.29 is 9.59 Å². The number of carbonyl (C=O) groups is 2. The molecule has 4 rings (SSSR count). The molecular weight excluding hydrogens is 414 g/mol. The Balaban J connectivity index is 1.40. The summed E-state index contributed by atoms with van der Waals surface area (Å²) in [5.74, 6) is 1.07. The molecule has 1 N–H and O–H groups in total. The number of thioether (sulfide) groups is 1.